The number of hydrogen-bond donors (Lipinski definition) is 2. The number of aromatic amines is 1. The van der Waals surface area contributed by atoms with E-state index in [4.69, 9.17) is 4.98 Å². The van der Waals surface area contributed by atoms with E-state index in [-0.39, 0.29) is 17.1 Å². The summed E-state index contributed by atoms with van der Waals surface area (Å²) >= 11 is 0. The molecule has 5 heterocycles. The maximum atomic E-state index is 13.1. The monoisotopic (exact) mass is 471 g/mol. The van der Waals surface area contributed by atoms with Crippen molar-refractivity contribution in [1.82, 2.24) is 29.6 Å². The molecule has 35 heavy (non-hydrogen) atoms. The molecule has 0 bridgehead atoms. The molecule has 0 amide bonds. The Morgan fingerprint density at radius 1 is 1.11 bits per heavy atom. The fourth-order valence-corrected chi connectivity index (χ4v) is 5.90. The number of nitrogens with one attached hydrogen (secondary N) is 2. The van der Waals surface area contributed by atoms with Gasteiger partial charge in [-0.3, -0.25) is 14.0 Å². The van der Waals surface area contributed by atoms with Crippen LogP contribution in [0.4, 0.5) is 5.95 Å². The van der Waals surface area contributed by atoms with E-state index >= 15 is 0 Å². The number of nitrogens with zero attached hydrogens (tertiary/aromatic N) is 5. The summed E-state index contributed by atoms with van der Waals surface area (Å²) in [5, 5.41) is 9.15. The third-order valence-corrected chi connectivity index (χ3v) is 7.49. The first-order chi connectivity index (χ1) is 16.8. The Bertz CT molecular complexity index is 1450. The summed E-state index contributed by atoms with van der Waals surface area (Å²) in [5.41, 5.74) is 4.73. The van der Waals surface area contributed by atoms with Gasteiger partial charge in [0.2, 0.25) is 5.95 Å². The Balaban J connectivity index is 1.41. The maximum absolute atomic E-state index is 13.1. The minimum atomic E-state index is -0.159. The summed E-state index contributed by atoms with van der Waals surface area (Å²) in [5.74, 6) is 0.751. The molecule has 0 spiro atoms. The van der Waals surface area contributed by atoms with Gasteiger partial charge in [0.05, 0.1) is 30.0 Å². The molecule has 0 radical (unpaired) electrons. The van der Waals surface area contributed by atoms with Gasteiger partial charge in [-0.05, 0) is 71.3 Å². The van der Waals surface area contributed by atoms with Gasteiger partial charge in [0.1, 0.15) is 0 Å². The van der Waals surface area contributed by atoms with Gasteiger partial charge < -0.3 is 15.2 Å². The van der Waals surface area contributed by atoms with Crippen LogP contribution in [0.2, 0.25) is 0 Å². The number of benzene rings is 1. The largest absolute Gasteiger partial charge is 0.360 e. The van der Waals surface area contributed by atoms with Gasteiger partial charge in [0.15, 0.2) is 0 Å². The maximum Gasteiger partial charge on any atom is 0.255 e. The van der Waals surface area contributed by atoms with Gasteiger partial charge in [-0.1, -0.05) is 6.07 Å². The molecule has 2 aliphatic rings. The first kappa shape index (κ1) is 22.1. The number of anilines is 1. The Morgan fingerprint density at radius 2 is 1.91 bits per heavy atom. The van der Waals surface area contributed by atoms with E-state index in [1.54, 1.807) is 10.6 Å². The molecule has 2 aliphatic heterocycles. The highest BCUT2D eigenvalue weighted by molar-refractivity contribution is 5.97. The Morgan fingerprint density at radius 3 is 2.69 bits per heavy atom. The molecule has 4 aromatic rings. The van der Waals surface area contributed by atoms with E-state index in [2.05, 4.69) is 77.1 Å². The molecule has 0 unspecified atom stereocenters. The molecule has 1 fully saturated rings. The Hall–Kier alpha value is -3.39. The Labute approximate surface area is 205 Å². The zero-order valence-electron chi connectivity index (χ0n) is 20.9. The summed E-state index contributed by atoms with van der Waals surface area (Å²) in [7, 11) is 0. The third-order valence-electron chi connectivity index (χ3n) is 7.49. The van der Waals surface area contributed by atoms with Crippen LogP contribution in [0.1, 0.15) is 46.6 Å². The van der Waals surface area contributed by atoms with Gasteiger partial charge in [-0.25, -0.2) is 4.98 Å². The summed E-state index contributed by atoms with van der Waals surface area (Å²) < 4.78 is 3.92. The van der Waals surface area contributed by atoms with Gasteiger partial charge in [-0.15, -0.1) is 0 Å². The molecular formula is C27H33N7O. The van der Waals surface area contributed by atoms with Crippen molar-refractivity contribution in [3.05, 3.63) is 53.2 Å². The first-order valence-corrected chi connectivity index (χ1v) is 12.6. The fourth-order valence-electron chi connectivity index (χ4n) is 5.90. The zero-order chi connectivity index (χ0) is 24.3. The van der Waals surface area contributed by atoms with E-state index in [1.807, 2.05) is 12.4 Å². The predicted octanol–water partition coefficient (Wildman–Crippen LogP) is 4.19. The van der Waals surface area contributed by atoms with Crippen molar-refractivity contribution >= 4 is 16.9 Å². The molecule has 8 heteroatoms. The van der Waals surface area contributed by atoms with Gasteiger partial charge in [0.25, 0.3) is 5.56 Å². The number of rotatable bonds is 4. The second-order valence-electron chi connectivity index (χ2n) is 10.8. The molecule has 1 saturated heterocycles. The summed E-state index contributed by atoms with van der Waals surface area (Å²) in [6.45, 7) is 11.4. The van der Waals surface area contributed by atoms with Crippen molar-refractivity contribution in [1.29, 1.82) is 0 Å². The van der Waals surface area contributed by atoms with Crippen molar-refractivity contribution in [2.45, 2.75) is 64.7 Å². The van der Waals surface area contributed by atoms with Crippen LogP contribution in [0, 0.1) is 0 Å². The topological polar surface area (TPSA) is 83.8 Å². The van der Waals surface area contributed by atoms with E-state index < -0.39 is 0 Å². The van der Waals surface area contributed by atoms with Crippen LogP contribution in [0.15, 0.2) is 47.7 Å². The lowest BCUT2D eigenvalue weighted by Crippen LogP contribution is -2.45. The van der Waals surface area contributed by atoms with Crippen molar-refractivity contribution in [2.75, 3.05) is 18.0 Å². The number of H-pyrrole nitrogens is 1. The third kappa shape index (κ3) is 3.67. The summed E-state index contributed by atoms with van der Waals surface area (Å²) in [4.78, 5) is 23.8. The van der Waals surface area contributed by atoms with Gasteiger partial charge in [-0.2, -0.15) is 5.10 Å². The molecule has 6 rings (SSSR count). The number of hydrogen-bond acceptors (Lipinski definition) is 5. The van der Waals surface area contributed by atoms with E-state index in [9.17, 15) is 4.79 Å². The highest BCUT2D eigenvalue weighted by Gasteiger charge is 2.39. The molecule has 8 nitrogen and oxygen atoms in total. The summed E-state index contributed by atoms with van der Waals surface area (Å²) in [6.07, 6.45) is 8.29. The normalized spacial score (nSPS) is 18.0. The Kier molecular flexibility index (Phi) is 5.11. The zero-order valence-corrected chi connectivity index (χ0v) is 20.9. The lowest BCUT2D eigenvalue weighted by atomic mass is 10.0. The quantitative estimate of drug-likeness (QED) is 0.466. The lowest BCUT2D eigenvalue weighted by molar-refractivity contribution is 0.343. The number of fused-ring (bicyclic) bond motifs is 2. The van der Waals surface area contributed by atoms with Crippen LogP contribution in [0.25, 0.3) is 33.3 Å². The minimum absolute atomic E-state index is 0.00465. The van der Waals surface area contributed by atoms with E-state index in [1.165, 1.54) is 0 Å². The average molecular weight is 472 g/mol. The second kappa shape index (κ2) is 8.09. The lowest BCUT2D eigenvalue weighted by Gasteiger charge is -2.35. The first-order valence-electron chi connectivity index (χ1n) is 12.6. The van der Waals surface area contributed by atoms with Crippen molar-refractivity contribution < 1.29 is 0 Å². The highest BCUT2D eigenvalue weighted by atomic mass is 16.1. The number of aromatic nitrogens is 5. The van der Waals surface area contributed by atoms with Crippen LogP contribution in [0.5, 0.6) is 0 Å². The molecule has 182 valence electrons. The van der Waals surface area contributed by atoms with Crippen molar-refractivity contribution in [2.24, 2.45) is 0 Å². The van der Waals surface area contributed by atoms with E-state index in [0.29, 0.717) is 18.3 Å². The molecular weight excluding hydrogens is 438 g/mol. The highest BCUT2D eigenvalue weighted by Crippen LogP contribution is 2.36. The van der Waals surface area contributed by atoms with Gasteiger partial charge >= 0.3 is 0 Å². The van der Waals surface area contributed by atoms with Crippen LogP contribution in [-0.4, -0.2) is 49.0 Å². The van der Waals surface area contributed by atoms with Crippen LogP contribution < -0.4 is 15.8 Å². The smallest absolute Gasteiger partial charge is 0.255 e. The standard InChI is InChI=1S/C27H33N7O/c1-17(2)34-26-31-24(12-25(35)32(26)16-27(34,3)4)22-14-29-23-6-5-18(11-21(22)23)19-13-30-33(15-19)20-7-9-28-10-8-20/h5-6,11-15,17,20,28-29H,7-10,16H2,1-4H3. The predicted molar refractivity (Wildman–Crippen MR) is 140 cm³/mol. The second-order valence-corrected chi connectivity index (χ2v) is 10.8. The SMILES string of the molecule is CC(C)N1c2nc(-c3c[nH]c4ccc(-c5cnn(C6CCNCC6)c5)cc34)cc(=O)n2CC1(C)C. The molecule has 0 aliphatic carbocycles. The fraction of sp³-hybridized carbons (Fsp3) is 0.444. The summed E-state index contributed by atoms with van der Waals surface area (Å²) in [6, 6.07) is 8.77. The van der Waals surface area contributed by atoms with Crippen molar-refractivity contribution in [3.63, 3.8) is 0 Å². The average Bonchev–Trinajstić information content (AvgIpc) is 3.54. The van der Waals surface area contributed by atoms with Crippen molar-refractivity contribution in [3.8, 4) is 22.4 Å². The molecule has 1 aromatic carbocycles. The molecule has 0 saturated carbocycles. The van der Waals surface area contributed by atoms with Crippen LogP contribution in [-0.2, 0) is 6.54 Å². The minimum Gasteiger partial charge on any atom is -0.360 e. The number of piperidine rings is 1. The van der Waals surface area contributed by atoms with Gasteiger partial charge in [0, 0.05) is 46.5 Å². The van der Waals surface area contributed by atoms with E-state index in [0.717, 1.165) is 59.5 Å². The molecule has 0 atom stereocenters. The van der Waals surface area contributed by atoms with Crippen LogP contribution in [0.3, 0.4) is 0 Å². The van der Waals surface area contributed by atoms with Crippen LogP contribution >= 0.6 is 0 Å². The molecule has 2 N–H and O–H groups in total. The molecule has 3 aromatic heterocycles.